The van der Waals surface area contributed by atoms with Crippen molar-refractivity contribution in [3.63, 3.8) is 0 Å². The number of aromatic nitrogens is 4. The van der Waals surface area contributed by atoms with E-state index in [4.69, 9.17) is 14.1 Å². The average Bonchev–Trinajstić information content (AvgIpc) is 3.18. The molecule has 0 radical (unpaired) electrons. The predicted octanol–water partition coefficient (Wildman–Crippen LogP) is 2.64. The molecule has 2 aliphatic rings. The van der Waals surface area contributed by atoms with Crippen molar-refractivity contribution >= 4 is 27.6 Å². The highest BCUT2D eigenvalue weighted by Gasteiger charge is 2.46. The summed E-state index contributed by atoms with van der Waals surface area (Å²) in [6, 6.07) is 4.44. The Balaban J connectivity index is 1.71. The maximum atomic E-state index is 10.1. The Morgan fingerprint density at radius 3 is 2.93 bits per heavy atom. The van der Waals surface area contributed by atoms with Crippen LogP contribution in [0.4, 0.5) is 5.82 Å². The zero-order chi connectivity index (χ0) is 18.6. The van der Waals surface area contributed by atoms with E-state index in [-0.39, 0.29) is 18.1 Å². The molecule has 1 saturated heterocycles. The van der Waals surface area contributed by atoms with Crippen molar-refractivity contribution in [3.05, 3.63) is 23.4 Å². The van der Waals surface area contributed by atoms with E-state index in [1.807, 2.05) is 13.0 Å². The van der Waals surface area contributed by atoms with Gasteiger partial charge < -0.3 is 14.7 Å². The first-order chi connectivity index (χ1) is 13.1. The molecule has 142 valence electrons. The minimum atomic E-state index is -0.142. The molecule has 3 aromatic rings. The van der Waals surface area contributed by atoms with Crippen molar-refractivity contribution in [1.82, 2.24) is 19.6 Å². The molecule has 2 fully saturated rings. The van der Waals surface area contributed by atoms with Gasteiger partial charge >= 0.3 is 0 Å². The van der Waals surface area contributed by atoms with Crippen LogP contribution >= 0.6 is 11.5 Å². The van der Waals surface area contributed by atoms with Crippen molar-refractivity contribution in [3.8, 4) is 11.4 Å². The van der Waals surface area contributed by atoms with Gasteiger partial charge in [-0.25, -0.2) is 4.98 Å². The third-order valence-electron chi connectivity index (χ3n) is 5.75. The number of anilines is 1. The van der Waals surface area contributed by atoms with Crippen molar-refractivity contribution in [2.75, 3.05) is 31.3 Å². The zero-order valence-electron chi connectivity index (χ0n) is 15.5. The van der Waals surface area contributed by atoms with Gasteiger partial charge in [0.15, 0.2) is 0 Å². The monoisotopic (exact) mass is 385 g/mol. The number of aryl methyl sites for hydroxylation is 1. The third kappa shape index (κ3) is 2.74. The molecule has 8 heteroatoms. The molecule has 1 unspecified atom stereocenters. The highest BCUT2D eigenvalue weighted by atomic mass is 32.1. The van der Waals surface area contributed by atoms with Gasteiger partial charge in [-0.2, -0.15) is 9.47 Å². The van der Waals surface area contributed by atoms with Gasteiger partial charge in [0, 0.05) is 17.7 Å². The molecule has 1 saturated carbocycles. The van der Waals surface area contributed by atoms with E-state index in [2.05, 4.69) is 28.1 Å². The summed E-state index contributed by atoms with van der Waals surface area (Å²) in [6.45, 7) is 6.53. The standard InChI is InChI=1S/C19H23N5O2S/c1-11-7-14(22-21-11)16-17-18(27-23-16)13(19(10-25)3-4-19)8-15(20-17)24-5-6-26-9-12(24)2/h7-8,12,25H,3-6,9-10H2,1-2H3,(H,21,22). The summed E-state index contributed by atoms with van der Waals surface area (Å²) in [6.07, 6.45) is 2.02. The largest absolute Gasteiger partial charge is 0.395 e. The first kappa shape index (κ1) is 17.1. The molecule has 1 aliphatic heterocycles. The molecule has 4 heterocycles. The number of aromatic amines is 1. The number of ether oxygens (including phenoxy) is 1. The second kappa shape index (κ2) is 6.25. The summed E-state index contributed by atoms with van der Waals surface area (Å²) in [4.78, 5) is 7.32. The van der Waals surface area contributed by atoms with Crippen molar-refractivity contribution < 1.29 is 9.84 Å². The van der Waals surface area contributed by atoms with E-state index in [1.165, 1.54) is 17.1 Å². The van der Waals surface area contributed by atoms with Gasteiger partial charge in [0.05, 0.1) is 30.6 Å². The van der Waals surface area contributed by atoms with Gasteiger partial charge in [-0.15, -0.1) is 0 Å². The Morgan fingerprint density at radius 2 is 2.26 bits per heavy atom. The summed E-state index contributed by atoms with van der Waals surface area (Å²) in [5, 5.41) is 17.4. The van der Waals surface area contributed by atoms with Crippen LogP contribution in [0.5, 0.6) is 0 Å². The second-order valence-corrected chi connectivity index (χ2v) is 8.50. The predicted molar refractivity (Wildman–Crippen MR) is 105 cm³/mol. The third-order valence-corrected chi connectivity index (χ3v) is 6.62. The van der Waals surface area contributed by atoms with E-state index in [0.717, 1.165) is 52.5 Å². The highest BCUT2D eigenvalue weighted by molar-refractivity contribution is 7.13. The number of nitrogens with zero attached hydrogens (tertiary/aromatic N) is 4. The lowest BCUT2D eigenvalue weighted by Gasteiger charge is -2.34. The SMILES string of the molecule is Cc1cc(-c2nsc3c(C4(CO)CC4)cc(N4CCOCC4C)nc23)n[nH]1. The fourth-order valence-electron chi connectivity index (χ4n) is 3.89. The number of H-pyrrole nitrogens is 1. The topological polar surface area (TPSA) is 87.2 Å². The van der Waals surface area contributed by atoms with Crippen LogP contribution in [-0.2, 0) is 10.2 Å². The number of hydrogen-bond donors (Lipinski definition) is 2. The van der Waals surface area contributed by atoms with Gasteiger partial charge in [-0.1, -0.05) is 0 Å². The Hall–Kier alpha value is -2.03. The Bertz CT molecular complexity index is 993. The Labute approximate surface area is 161 Å². The quantitative estimate of drug-likeness (QED) is 0.718. The van der Waals surface area contributed by atoms with E-state index in [9.17, 15) is 5.11 Å². The number of hydrogen-bond acceptors (Lipinski definition) is 7. The fourth-order valence-corrected chi connectivity index (χ4v) is 4.85. The van der Waals surface area contributed by atoms with Gasteiger partial charge in [0.2, 0.25) is 0 Å². The van der Waals surface area contributed by atoms with E-state index in [1.54, 1.807) is 0 Å². The lowest BCUT2D eigenvalue weighted by Crippen LogP contribution is -2.44. The number of rotatable bonds is 4. The molecule has 0 amide bonds. The number of fused-ring (bicyclic) bond motifs is 1. The molecule has 1 atom stereocenters. The Morgan fingerprint density at radius 1 is 1.41 bits per heavy atom. The number of aliphatic hydroxyl groups is 1. The van der Waals surface area contributed by atoms with E-state index >= 15 is 0 Å². The maximum absolute atomic E-state index is 10.1. The van der Waals surface area contributed by atoms with Gasteiger partial charge in [-0.3, -0.25) is 5.10 Å². The van der Waals surface area contributed by atoms with Crippen LogP contribution in [0.3, 0.4) is 0 Å². The molecular formula is C19H23N5O2S. The molecule has 3 aromatic heterocycles. The van der Waals surface area contributed by atoms with Gasteiger partial charge in [0.25, 0.3) is 0 Å². The average molecular weight is 385 g/mol. The van der Waals surface area contributed by atoms with E-state index < -0.39 is 0 Å². The fraction of sp³-hybridized carbons (Fsp3) is 0.526. The number of pyridine rings is 1. The lowest BCUT2D eigenvalue weighted by molar-refractivity contribution is 0.0985. The summed E-state index contributed by atoms with van der Waals surface area (Å²) < 4.78 is 11.4. The second-order valence-electron chi connectivity index (χ2n) is 7.73. The molecule has 1 aliphatic carbocycles. The van der Waals surface area contributed by atoms with Crippen LogP contribution in [0.1, 0.15) is 31.0 Å². The van der Waals surface area contributed by atoms with Crippen LogP contribution in [0.25, 0.3) is 21.6 Å². The van der Waals surface area contributed by atoms with Gasteiger partial charge in [-0.05, 0) is 55.9 Å². The number of aliphatic hydroxyl groups excluding tert-OH is 1. The highest BCUT2D eigenvalue weighted by Crippen LogP contribution is 2.52. The van der Waals surface area contributed by atoms with Crippen LogP contribution < -0.4 is 4.90 Å². The first-order valence-corrected chi connectivity index (χ1v) is 10.2. The first-order valence-electron chi connectivity index (χ1n) is 9.40. The van der Waals surface area contributed by atoms with Gasteiger partial charge in [0.1, 0.15) is 22.7 Å². The van der Waals surface area contributed by atoms with Crippen molar-refractivity contribution in [2.24, 2.45) is 0 Å². The smallest absolute Gasteiger partial charge is 0.131 e. The normalized spacial score (nSPS) is 21.7. The number of nitrogens with one attached hydrogen (secondary N) is 1. The Kier molecular flexibility index (Phi) is 3.96. The summed E-state index contributed by atoms with van der Waals surface area (Å²) in [7, 11) is 0. The molecule has 27 heavy (non-hydrogen) atoms. The van der Waals surface area contributed by atoms with Crippen LogP contribution in [-0.4, -0.2) is 57.1 Å². The minimum absolute atomic E-state index is 0.142. The minimum Gasteiger partial charge on any atom is -0.395 e. The summed E-state index contributed by atoms with van der Waals surface area (Å²) in [5.41, 5.74) is 4.56. The molecule has 5 rings (SSSR count). The van der Waals surface area contributed by atoms with Crippen molar-refractivity contribution in [2.45, 2.75) is 38.1 Å². The van der Waals surface area contributed by atoms with Crippen LogP contribution in [0.15, 0.2) is 12.1 Å². The molecule has 2 N–H and O–H groups in total. The molecule has 0 spiro atoms. The molecule has 7 nitrogen and oxygen atoms in total. The summed E-state index contributed by atoms with van der Waals surface area (Å²) >= 11 is 1.46. The summed E-state index contributed by atoms with van der Waals surface area (Å²) in [5.74, 6) is 0.946. The van der Waals surface area contributed by atoms with Crippen LogP contribution in [0.2, 0.25) is 0 Å². The van der Waals surface area contributed by atoms with Crippen molar-refractivity contribution in [1.29, 1.82) is 0 Å². The van der Waals surface area contributed by atoms with E-state index in [0.29, 0.717) is 13.2 Å². The lowest BCUT2D eigenvalue weighted by atomic mass is 9.96. The molecular weight excluding hydrogens is 362 g/mol. The molecule has 0 bridgehead atoms. The van der Waals surface area contributed by atoms with Crippen LogP contribution in [0, 0.1) is 6.92 Å². The maximum Gasteiger partial charge on any atom is 0.131 e. The molecule has 0 aromatic carbocycles. The zero-order valence-corrected chi connectivity index (χ0v) is 16.3. The number of morpholine rings is 1.